The maximum atomic E-state index is 13.5. The predicted octanol–water partition coefficient (Wildman–Crippen LogP) is 4.73. The summed E-state index contributed by atoms with van der Waals surface area (Å²) >= 11 is 9.93. The molecule has 1 aliphatic rings. The summed E-state index contributed by atoms with van der Waals surface area (Å²) in [6.45, 7) is 1.08. The zero-order chi connectivity index (χ0) is 27.1. The molecule has 0 amide bonds. The van der Waals surface area contributed by atoms with Crippen molar-refractivity contribution in [3.8, 4) is 11.3 Å². The number of sulfone groups is 1. The molecule has 38 heavy (non-hydrogen) atoms. The molecule has 1 N–H and O–H groups in total. The zero-order valence-corrected chi connectivity index (χ0v) is 24.4. The molecule has 2 aromatic carbocycles. The summed E-state index contributed by atoms with van der Waals surface area (Å²) in [5.74, 6) is 0.688. The summed E-state index contributed by atoms with van der Waals surface area (Å²) < 4.78 is 55.3. The molecule has 1 aliphatic heterocycles. The van der Waals surface area contributed by atoms with E-state index in [1.54, 1.807) is 16.8 Å². The molecule has 200 valence electrons. The number of hydrogen-bond acceptors (Lipinski definition) is 7. The topological polar surface area (TPSA) is 114 Å². The average Bonchev–Trinajstić information content (AvgIpc) is 3.28. The molecule has 0 saturated carbocycles. The van der Waals surface area contributed by atoms with Crippen molar-refractivity contribution in [1.82, 2.24) is 18.9 Å². The van der Waals surface area contributed by atoms with E-state index >= 15 is 0 Å². The van der Waals surface area contributed by atoms with Crippen molar-refractivity contribution in [1.29, 1.82) is 0 Å². The Bertz CT molecular complexity index is 1730. The Morgan fingerprint density at radius 1 is 1.08 bits per heavy atom. The highest BCUT2D eigenvalue weighted by atomic mass is 79.9. The van der Waals surface area contributed by atoms with Crippen LogP contribution in [0, 0.1) is 5.92 Å². The second-order valence-electron chi connectivity index (χ2n) is 9.21. The summed E-state index contributed by atoms with van der Waals surface area (Å²) in [6.07, 6.45) is 4.17. The van der Waals surface area contributed by atoms with Gasteiger partial charge in [0, 0.05) is 42.5 Å². The molecule has 0 spiro atoms. The number of halogens is 2. The first-order valence-corrected chi connectivity index (χ1v) is 16.4. The fraction of sp³-hybridized carbons (Fsp3) is 0.280. The fourth-order valence-corrected chi connectivity index (χ4v) is 8.38. The number of rotatable bonds is 7. The average molecular weight is 639 g/mol. The Hall–Kier alpha value is -2.51. The van der Waals surface area contributed by atoms with Gasteiger partial charge in [0.2, 0.25) is 10.0 Å². The van der Waals surface area contributed by atoms with Crippen LogP contribution in [0.1, 0.15) is 12.8 Å². The van der Waals surface area contributed by atoms with Gasteiger partial charge in [0.15, 0.2) is 15.5 Å². The van der Waals surface area contributed by atoms with Crippen molar-refractivity contribution in [2.75, 3.05) is 31.2 Å². The molecular weight excluding hydrogens is 614 g/mol. The minimum Gasteiger partial charge on any atom is -0.370 e. The SMILES string of the molecule is CS(=O)(=O)c1ccccc1S(=O)(=O)N1CCCC(CNc2cc(-c3ccccc3Cl)nc3c(Br)cnn23)C1. The predicted molar refractivity (Wildman–Crippen MR) is 151 cm³/mol. The van der Waals surface area contributed by atoms with Crippen LogP contribution in [0.15, 0.2) is 75.1 Å². The minimum atomic E-state index is -3.99. The zero-order valence-electron chi connectivity index (χ0n) is 20.4. The van der Waals surface area contributed by atoms with Crippen molar-refractivity contribution < 1.29 is 16.8 Å². The van der Waals surface area contributed by atoms with Gasteiger partial charge in [0.25, 0.3) is 0 Å². The molecule has 13 heteroatoms. The summed E-state index contributed by atoms with van der Waals surface area (Å²) in [6, 6.07) is 15.1. The molecule has 1 unspecified atom stereocenters. The van der Waals surface area contributed by atoms with Crippen molar-refractivity contribution >= 4 is 58.9 Å². The van der Waals surface area contributed by atoms with Gasteiger partial charge >= 0.3 is 0 Å². The second-order valence-corrected chi connectivity index (χ2v) is 14.4. The van der Waals surface area contributed by atoms with E-state index < -0.39 is 19.9 Å². The van der Waals surface area contributed by atoms with Gasteiger partial charge < -0.3 is 5.32 Å². The number of hydrogen-bond donors (Lipinski definition) is 1. The van der Waals surface area contributed by atoms with E-state index in [4.69, 9.17) is 16.6 Å². The third-order valence-electron chi connectivity index (χ3n) is 6.50. The van der Waals surface area contributed by atoms with Crippen LogP contribution >= 0.6 is 27.5 Å². The quantitative estimate of drug-likeness (QED) is 0.311. The minimum absolute atomic E-state index is 0.00472. The molecular formula is C25H25BrClN5O4S2. The molecule has 0 aliphatic carbocycles. The summed E-state index contributed by atoms with van der Waals surface area (Å²) in [7, 11) is -7.70. The van der Waals surface area contributed by atoms with E-state index in [1.165, 1.54) is 28.6 Å². The van der Waals surface area contributed by atoms with Gasteiger partial charge in [-0.05, 0) is 52.9 Å². The van der Waals surface area contributed by atoms with Crippen LogP contribution in [0.5, 0.6) is 0 Å². The number of aromatic nitrogens is 3. The van der Waals surface area contributed by atoms with Crippen LogP contribution in [-0.2, 0) is 19.9 Å². The summed E-state index contributed by atoms with van der Waals surface area (Å²) in [4.78, 5) is 4.35. The highest BCUT2D eigenvalue weighted by molar-refractivity contribution is 9.10. The van der Waals surface area contributed by atoms with E-state index in [0.29, 0.717) is 41.7 Å². The van der Waals surface area contributed by atoms with Gasteiger partial charge in [0.1, 0.15) is 10.7 Å². The lowest BCUT2D eigenvalue weighted by Crippen LogP contribution is -2.42. The number of nitrogens with one attached hydrogen (secondary N) is 1. The molecule has 5 rings (SSSR count). The number of anilines is 1. The Morgan fingerprint density at radius 2 is 1.79 bits per heavy atom. The Balaban J connectivity index is 1.40. The first-order valence-electron chi connectivity index (χ1n) is 11.9. The van der Waals surface area contributed by atoms with E-state index in [1.807, 2.05) is 24.3 Å². The molecule has 4 aromatic rings. The van der Waals surface area contributed by atoms with E-state index in [-0.39, 0.29) is 22.3 Å². The number of piperidine rings is 1. The van der Waals surface area contributed by atoms with Crippen LogP contribution < -0.4 is 5.32 Å². The van der Waals surface area contributed by atoms with Gasteiger partial charge in [-0.15, -0.1) is 0 Å². The fourth-order valence-electron chi connectivity index (χ4n) is 4.64. The number of fused-ring (bicyclic) bond motifs is 1. The monoisotopic (exact) mass is 637 g/mol. The van der Waals surface area contributed by atoms with Crippen molar-refractivity contribution in [2.24, 2.45) is 5.92 Å². The number of nitrogens with zero attached hydrogens (tertiary/aromatic N) is 4. The first-order chi connectivity index (χ1) is 18.1. The Morgan fingerprint density at radius 3 is 2.53 bits per heavy atom. The van der Waals surface area contributed by atoms with Crippen LogP contribution in [0.4, 0.5) is 5.82 Å². The lowest BCUT2D eigenvalue weighted by molar-refractivity contribution is 0.274. The highest BCUT2D eigenvalue weighted by Gasteiger charge is 2.33. The van der Waals surface area contributed by atoms with Crippen LogP contribution in [0.25, 0.3) is 16.9 Å². The number of benzene rings is 2. The van der Waals surface area contributed by atoms with Crippen LogP contribution in [0.2, 0.25) is 5.02 Å². The van der Waals surface area contributed by atoms with Gasteiger partial charge in [-0.3, -0.25) is 0 Å². The van der Waals surface area contributed by atoms with Crippen LogP contribution in [-0.4, -0.2) is 61.6 Å². The summed E-state index contributed by atoms with van der Waals surface area (Å²) in [5, 5.41) is 8.42. The third-order valence-corrected chi connectivity index (χ3v) is 10.6. The first kappa shape index (κ1) is 27.1. The molecule has 1 saturated heterocycles. The molecule has 2 aromatic heterocycles. The van der Waals surface area contributed by atoms with Gasteiger partial charge in [-0.2, -0.15) is 13.9 Å². The Kier molecular flexibility index (Phi) is 7.53. The van der Waals surface area contributed by atoms with E-state index in [9.17, 15) is 16.8 Å². The van der Waals surface area contributed by atoms with Crippen molar-refractivity contribution in [2.45, 2.75) is 22.6 Å². The molecule has 9 nitrogen and oxygen atoms in total. The maximum absolute atomic E-state index is 13.5. The largest absolute Gasteiger partial charge is 0.370 e. The normalized spacial score (nSPS) is 17.1. The third kappa shape index (κ3) is 5.32. The molecule has 0 bridgehead atoms. The smallest absolute Gasteiger partial charge is 0.244 e. The molecule has 0 radical (unpaired) electrons. The van der Waals surface area contributed by atoms with Crippen molar-refractivity contribution in [3.05, 3.63) is 70.3 Å². The van der Waals surface area contributed by atoms with Gasteiger partial charge in [-0.25, -0.2) is 21.8 Å². The second kappa shape index (κ2) is 10.6. The Labute approximate surface area is 234 Å². The van der Waals surface area contributed by atoms with Gasteiger partial charge in [0.05, 0.1) is 21.3 Å². The molecule has 1 atom stereocenters. The standard InChI is InChI=1S/C25H25BrClN5O4S2/c1-37(33,34)22-10-4-5-11-23(22)38(35,36)31-12-6-7-17(16-31)14-28-24-13-21(18-8-2-3-9-20(18)27)30-25-19(26)15-29-32(24)25/h2-5,8-11,13,15,17,28H,6-7,12,14,16H2,1H3. The summed E-state index contributed by atoms with van der Waals surface area (Å²) in [5.41, 5.74) is 2.08. The highest BCUT2D eigenvalue weighted by Crippen LogP contribution is 2.31. The van der Waals surface area contributed by atoms with Gasteiger partial charge in [-0.1, -0.05) is 41.9 Å². The van der Waals surface area contributed by atoms with Crippen molar-refractivity contribution in [3.63, 3.8) is 0 Å². The lowest BCUT2D eigenvalue weighted by Gasteiger charge is -2.32. The lowest BCUT2D eigenvalue weighted by atomic mass is 10.00. The van der Waals surface area contributed by atoms with E-state index in [2.05, 4.69) is 26.3 Å². The van der Waals surface area contributed by atoms with E-state index in [0.717, 1.165) is 22.7 Å². The van der Waals surface area contributed by atoms with Crippen LogP contribution in [0.3, 0.4) is 0 Å². The molecule has 3 heterocycles. The maximum Gasteiger partial charge on any atom is 0.244 e. The number of sulfonamides is 1. The molecule has 1 fully saturated rings.